The number of carbonyl (C=O) groups excluding carboxylic acids is 1. The van der Waals surface area contributed by atoms with E-state index in [1.165, 1.54) is 11.3 Å². The van der Waals surface area contributed by atoms with Gasteiger partial charge in [-0.25, -0.2) is 4.79 Å². The highest BCUT2D eigenvalue weighted by atomic mass is 32.1. The molecule has 1 aromatic rings. The van der Waals surface area contributed by atoms with E-state index in [1.807, 2.05) is 13.8 Å². The maximum atomic E-state index is 11.7. The molecule has 1 heterocycles. The van der Waals surface area contributed by atoms with Crippen LogP contribution in [-0.2, 0) is 9.59 Å². The molecule has 1 rings (SSSR count). The molecule has 0 radical (unpaired) electrons. The molecular formula is C12H18N2O3S. The molecule has 0 saturated carbocycles. The Bertz CT molecular complexity index is 409. The van der Waals surface area contributed by atoms with E-state index in [0.717, 1.165) is 0 Å². The smallest absolute Gasteiger partial charge is 0.331 e. The summed E-state index contributed by atoms with van der Waals surface area (Å²) in [6, 6.07) is 2.47. The van der Waals surface area contributed by atoms with Crippen LogP contribution in [0.1, 0.15) is 37.6 Å². The van der Waals surface area contributed by atoms with Gasteiger partial charge in [0, 0.05) is 16.8 Å². The molecule has 0 aromatic carbocycles. The maximum absolute atomic E-state index is 11.7. The molecule has 0 aliphatic carbocycles. The highest BCUT2D eigenvalue weighted by molar-refractivity contribution is 7.10. The number of hydrogen-bond donors (Lipinski definition) is 3. The Labute approximate surface area is 110 Å². The van der Waals surface area contributed by atoms with Gasteiger partial charge in [-0.2, -0.15) is 0 Å². The molecule has 0 fully saturated rings. The van der Waals surface area contributed by atoms with Crippen molar-refractivity contribution in [1.82, 2.24) is 5.32 Å². The van der Waals surface area contributed by atoms with Crippen LogP contribution in [0, 0.1) is 0 Å². The summed E-state index contributed by atoms with van der Waals surface area (Å²) < 4.78 is 0. The minimum absolute atomic E-state index is 0.221. The van der Waals surface area contributed by atoms with E-state index < -0.39 is 17.6 Å². The van der Waals surface area contributed by atoms with Crippen molar-refractivity contribution in [2.24, 2.45) is 5.73 Å². The topological polar surface area (TPSA) is 92.4 Å². The van der Waals surface area contributed by atoms with Crippen molar-refractivity contribution in [3.8, 4) is 0 Å². The molecule has 18 heavy (non-hydrogen) atoms. The van der Waals surface area contributed by atoms with Crippen molar-refractivity contribution >= 4 is 23.2 Å². The molecule has 0 spiro atoms. The van der Waals surface area contributed by atoms with Gasteiger partial charge >= 0.3 is 5.97 Å². The second-order valence-corrected chi connectivity index (χ2v) is 5.82. The van der Waals surface area contributed by atoms with Gasteiger partial charge in [0.15, 0.2) is 6.04 Å². The van der Waals surface area contributed by atoms with E-state index in [9.17, 15) is 9.59 Å². The quantitative estimate of drug-likeness (QED) is 0.730. The number of hydrogen-bond acceptors (Lipinski definition) is 4. The van der Waals surface area contributed by atoms with E-state index >= 15 is 0 Å². The predicted molar refractivity (Wildman–Crippen MR) is 70.3 cm³/mol. The average molecular weight is 270 g/mol. The van der Waals surface area contributed by atoms with Crippen molar-refractivity contribution in [3.63, 3.8) is 0 Å². The zero-order valence-electron chi connectivity index (χ0n) is 10.5. The average Bonchev–Trinajstić information content (AvgIpc) is 2.74. The number of thiophene rings is 1. The van der Waals surface area contributed by atoms with Gasteiger partial charge in [-0.3, -0.25) is 4.79 Å². The van der Waals surface area contributed by atoms with E-state index in [1.54, 1.807) is 17.5 Å². The van der Waals surface area contributed by atoms with Crippen molar-refractivity contribution in [2.75, 3.05) is 0 Å². The third-order valence-corrected chi connectivity index (χ3v) is 3.31. The van der Waals surface area contributed by atoms with Gasteiger partial charge in [-0.15, -0.1) is 11.3 Å². The van der Waals surface area contributed by atoms with Crippen molar-refractivity contribution in [3.05, 3.63) is 22.4 Å². The van der Waals surface area contributed by atoms with Crippen molar-refractivity contribution in [2.45, 2.75) is 38.3 Å². The molecule has 1 atom stereocenters. The number of nitrogens with one attached hydrogen (secondary N) is 1. The fourth-order valence-corrected chi connectivity index (χ4v) is 2.15. The molecule has 100 valence electrons. The Morgan fingerprint density at radius 2 is 2.22 bits per heavy atom. The van der Waals surface area contributed by atoms with Gasteiger partial charge in [0.1, 0.15) is 0 Å². The summed E-state index contributed by atoms with van der Waals surface area (Å²) in [4.78, 5) is 23.4. The third-order valence-electron chi connectivity index (χ3n) is 2.38. The summed E-state index contributed by atoms with van der Waals surface area (Å²) in [6.45, 7) is 3.66. The molecule has 0 saturated heterocycles. The van der Waals surface area contributed by atoms with Gasteiger partial charge < -0.3 is 16.2 Å². The number of aliphatic carboxylic acids is 1. The lowest BCUT2D eigenvalue weighted by Crippen LogP contribution is -2.37. The van der Waals surface area contributed by atoms with E-state index in [4.69, 9.17) is 10.8 Å². The van der Waals surface area contributed by atoms with E-state index in [-0.39, 0.29) is 12.3 Å². The molecule has 1 unspecified atom stereocenters. The van der Waals surface area contributed by atoms with Crippen LogP contribution in [0.5, 0.6) is 0 Å². The Kier molecular flexibility index (Phi) is 4.86. The maximum Gasteiger partial charge on any atom is 0.331 e. The molecule has 5 nitrogen and oxygen atoms in total. The van der Waals surface area contributed by atoms with Crippen LogP contribution in [0.2, 0.25) is 0 Å². The number of carboxylic acids is 1. The number of rotatable bonds is 6. The fourth-order valence-electron chi connectivity index (χ4n) is 1.38. The molecule has 4 N–H and O–H groups in total. The lowest BCUT2D eigenvalue weighted by molar-refractivity contribution is -0.142. The van der Waals surface area contributed by atoms with E-state index in [2.05, 4.69) is 5.32 Å². The van der Waals surface area contributed by atoms with Crippen LogP contribution in [-0.4, -0.2) is 22.5 Å². The molecule has 0 bridgehead atoms. The first-order valence-corrected chi connectivity index (χ1v) is 6.52. The largest absolute Gasteiger partial charge is 0.479 e. The normalized spacial score (nSPS) is 13.1. The van der Waals surface area contributed by atoms with Crippen LogP contribution in [0.3, 0.4) is 0 Å². The lowest BCUT2D eigenvalue weighted by Gasteiger charge is -2.19. The first kappa shape index (κ1) is 14.7. The summed E-state index contributed by atoms with van der Waals surface area (Å²) in [6.07, 6.45) is 0.730. The van der Waals surface area contributed by atoms with Gasteiger partial charge in [-0.1, -0.05) is 6.07 Å². The molecule has 6 heteroatoms. The molecule has 1 amide bonds. The second-order valence-electron chi connectivity index (χ2n) is 4.84. The summed E-state index contributed by atoms with van der Waals surface area (Å²) in [7, 11) is 0. The first-order chi connectivity index (χ1) is 8.29. The fraction of sp³-hybridized carbons (Fsp3) is 0.500. The van der Waals surface area contributed by atoms with Gasteiger partial charge in [-0.05, 0) is 31.7 Å². The number of amides is 1. The van der Waals surface area contributed by atoms with Crippen LogP contribution in [0.15, 0.2) is 17.5 Å². The monoisotopic (exact) mass is 270 g/mol. The standard InChI is InChI=1S/C12H18N2O3S/c1-12(2,13)6-5-9(15)14-10(11(16)17)8-4-3-7-18-8/h3-4,7,10H,5-6,13H2,1-2H3,(H,14,15)(H,16,17). The predicted octanol–water partition coefficient (Wildman–Crippen LogP) is 1.51. The Morgan fingerprint density at radius 3 is 2.67 bits per heavy atom. The van der Waals surface area contributed by atoms with Crippen LogP contribution in [0.25, 0.3) is 0 Å². The molecule has 0 aliphatic rings. The number of nitrogens with two attached hydrogens (primary N) is 1. The highest BCUT2D eigenvalue weighted by Gasteiger charge is 2.23. The van der Waals surface area contributed by atoms with Crippen molar-refractivity contribution < 1.29 is 14.7 Å². The van der Waals surface area contributed by atoms with E-state index in [0.29, 0.717) is 11.3 Å². The molecule has 1 aromatic heterocycles. The highest BCUT2D eigenvalue weighted by Crippen LogP contribution is 2.19. The summed E-state index contributed by atoms with van der Waals surface area (Å²) in [5, 5.41) is 13.4. The first-order valence-electron chi connectivity index (χ1n) is 5.64. The summed E-state index contributed by atoms with van der Waals surface area (Å²) >= 11 is 1.30. The minimum atomic E-state index is -1.06. The summed E-state index contributed by atoms with van der Waals surface area (Å²) in [5.74, 6) is -1.35. The second kappa shape index (κ2) is 5.97. The number of carboxylic acid groups (broad SMARTS) is 1. The zero-order chi connectivity index (χ0) is 13.8. The van der Waals surface area contributed by atoms with Crippen LogP contribution in [0.4, 0.5) is 0 Å². The minimum Gasteiger partial charge on any atom is -0.479 e. The molecule has 0 aliphatic heterocycles. The Morgan fingerprint density at radius 1 is 1.56 bits per heavy atom. The van der Waals surface area contributed by atoms with Crippen molar-refractivity contribution in [1.29, 1.82) is 0 Å². The van der Waals surface area contributed by atoms with Crippen LogP contribution < -0.4 is 11.1 Å². The zero-order valence-corrected chi connectivity index (χ0v) is 11.3. The molecular weight excluding hydrogens is 252 g/mol. The third kappa shape index (κ3) is 4.85. The summed E-state index contributed by atoms with van der Waals surface area (Å²) in [5.41, 5.74) is 5.34. The number of carbonyl (C=O) groups is 2. The lowest BCUT2D eigenvalue weighted by atomic mass is 10.00. The van der Waals surface area contributed by atoms with Crippen LogP contribution >= 0.6 is 11.3 Å². The van der Waals surface area contributed by atoms with Gasteiger partial charge in [0.2, 0.25) is 5.91 Å². The SMILES string of the molecule is CC(C)(N)CCC(=O)NC(C(=O)O)c1cccs1. The van der Waals surface area contributed by atoms with Gasteiger partial charge in [0.05, 0.1) is 0 Å². The Balaban J connectivity index is 2.58. The van der Waals surface area contributed by atoms with Gasteiger partial charge in [0.25, 0.3) is 0 Å². The Hall–Kier alpha value is -1.40.